The Balaban J connectivity index is 0.00000182. The fourth-order valence-electron chi connectivity index (χ4n) is 3.41. The highest BCUT2D eigenvalue weighted by molar-refractivity contribution is 5.85. The molecule has 2 fully saturated rings. The van der Waals surface area contributed by atoms with Gasteiger partial charge in [-0.3, -0.25) is 9.78 Å². The second kappa shape index (κ2) is 11.2. The number of amides is 2. The highest BCUT2D eigenvalue weighted by Crippen LogP contribution is 2.17. The van der Waals surface area contributed by atoms with Crippen molar-refractivity contribution in [2.24, 2.45) is 0 Å². The molecular weight excluding hydrogens is 393 g/mol. The first-order valence-corrected chi connectivity index (χ1v) is 8.83. The maximum Gasteiger partial charge on any atom is 0.335 e. The third-order valence-electron chi connectivity index (χ3n) is 4.76. The van der Waals surface area contributed by atoms with Crippen LogP contribution in [0.5, 0.6) is 0 Å². The van der Waals surface area contributed by atoms with Crippen molar-refractivity contribution in [3.8, 4) is 0 Å². The summed E-state index contributed by atoms with van der Waals surface area (Å²) in [4.78, 5) is 32.1. The minimum Gasteiger partial charge on any atom is -0.480 e. The molecule has 0 bridgehead atoms. The van der Waals surface area contributed by atoms with Gasteiger partial charge in [-0.05, 0) is 25.0 Å². The van der Waals surface area contributed by atoms with Crippen LogP contribution in [-0.2, 0) is 4.79 Å². The van der Waals surface area contributed by atoms with Crippen molar-refractivity contribution in [1.82, 2.24) is 19.9 Å². The molecule has 27 heavy (non-hydrogen) atoms. The van der Waals surface area contributed by atoms with E-state index in [4.69, 9.17) is 0 Å². The van der Waals surface area contributed by atoms with E-state index in [-0.39, 0.29) is 37.4 Å². The van der Waals surface area contributed by atoms with Gasteiger partial charge in [-0.15, -0.1) is 24.8 Å². The van der Waals surface area contributed by atoms with Gasteiger partial charge in [-0.2, -0.15) is 0 Å². The maximum absolute atomic E-state index is 12.9. The SMILES string of the molecule is Cl.Cl.O=C(O)CN(C(=O)N1CCN(c2ccncc2)CC1)N1CCCCC1. The second-order valence-electron chi connectivity index (χ2n) is 6.43. The van der Waals surface area contributed by atoms with Gasteiger partial charge in [0.15, 0.2) is 0 Å². The number of aromatic nitrogens is 1. The summed E-state index contributed by atoms with van der Waals surface area (Å²) in [6, 6.07) is 3.72. The average molecular weight is 420 g/mol. The Labute approximate surface area is 171 Å². The highest BCUT2D eigenvalue weighted by Gasteiger charge is 2.31. The van der Waals surface area contributed by atoms with Crippen molar-refractivity contribution < 1.29 is 14.7 Å². The van der Waals surface area contributed by atoms with E-state index >= 15 is 0 Å². The number of carbonyl (C=O) groups is 2. The third kappa shape index (κ3) is 6.12. The van der Waals surface area contributed by atoms with Crippen LogP contribution < -0.4 is 4.90 Å². The molecule has 1 aromatic rings. The van der Waals surface area contributed by atoms with Crippen molar-refractivity contribution in [1.29, 1.82) is 0 Å². The van der Waals surface area contributed by atoms with Crippen molar-refractivity contribution in [2.45, 2.75) is 19.3 Å². The van der Waals surface area contributed by atoms with Crippen molar-refractivity contribution >= 4 is 42.5 Å². The van der Waals surface area contributed by atoms with E-state index in [1.165, 1.54) is 5.01 Å². The molecule has 3 rings (SSSR count). The molecule has 3 heterocycles. The third-order valence-corrected chi connectivity index (χ3v) is 4.76. The van der Waals surface area contributed by atoms with E-state index < -0.39 is 5.97 Å². The van der Waals surface area contributed by atoms with Crippen LogP contribution in [0.2, 0.25) is 0 Å². The van der Waals surface area contributed by atoms with Gasteiger partial charge in [0.2, 0.25) is 0 Å². The van der Waals surface area contributed by atoms with E-state index in [9.17, 15) is 14.7 Å². The summed E-state index contributed by atoms with van der Waals surface area (Å²) < 4.78 is 0. The van der Waals surface area contributed by atoms with Gasteiger partial charge in [0.1, 0.15) is 6.54 Å². The van der Waals surface area contributed by atoms with Crippen LogP contribution in [0.1, 0.15) is 19.3 Å². The largest absolute Gasteiger partial charge is 0.480 e. The predicted molar refractivity (Wildman–Crippen MR) is 108 cm³/mol. The smallest absolute Gasteiger partial charge is 0.335 e. The molecule has 0 aromatic carbocycles. The number of hydrogen-bond acceptors (Lipinski definition) is 5. The Morgan fingerprint density at radius 3 is 2.11 bits per heavy atom. The Kier molecular flexibility index (Phi) is 9.62. The summed E-state index contributed by atoms with van der Waals surface area (Å²) >= 11 is 0. The van der Waals surface area contributed by atoms with Gasteiger partial charge in [0, 0.05) is 57.3 Å². The molecule has 1 aromatic heterocycles. The first kappa shape index (κ1) is 23.3. The molecule has 2 saturated heterocycles. The van der Waals surface area contributed by atoms with E-state index in [1.807, 2.05) is 17.1 Å². The van der Waals surface area contributed by atoms with Gasteiger partial charge in [-0.25, -0.2) is 14.8 Å². The number of nitrogens with zero attached hydrogens (tertiary/aromatic N) is 5. The monoisotopic (exact) mass is 419 g/mol. The number of piperazine rings is 1. The minimum atomic E-state index is -0.977. The lowest BCUT2D eigenvalue weighted by Gasteiger charge is -2.42. The lowest BCUT2D eigenvalue weighted by Crippen LogP contribution is -2.58. The molecule has 2 amide bonds. The molecule has 0 saturated carbocycles. The first-order valence-electron chi connectivity index (χ1n) is 8.83. The lowest BCUT2D eigenvalue weighted by atomic mass is 10.2. The lowest BCUT2D eigenvalue weighted by molar-refractivity contribution is -0.142. The number of hydrazine groups is 1. The first-order chi connectivity index (χ1) is 12.1. The zero-order chi connectivity index (χ0) is 17.6. The summed E-state index contributed by atoms with van der Waals surface area (Å²) in [5.41, 5.74) is 1.10. The highest BCUT2D eigenvalue weighted by atomic mass is 35.5. The number of hydrogen-bond donors (Lipinski definition) is 1. The zero-order valence-corrected chi connectivity index (χ0v) is 16.8. The van der Waals surface area contributed by atoms with Gasteiger partial charge < -0.3 is 14.9 Å². The molecule has 0 aliphatic carbocycles. The van der Waals surface area contributed by atoms with Crippen LogP contribution in [0.3, 0.4) is 0 Å². The van der Waals surface area contributed by atoms with Crippen LogP contribution in [0.15, 0.2) is 24.5 Å². The molecule has 152 valence electrons. The summed E-state index contributed by atoms with van der Waals surface area (Å²) in [5, 5.41) is 12.5. The second-order valence-corrected chi connectivity index (χ2v) is 6.43. The van der Waals surface area contributed by atoms with Gasteiger partial charge in [-0.1, -0.05) is 6.42 Å². The molecular formula is C17H27Cl2N5O3. The van der Waals surface area contributed by atoms with Gasteiger partial charge in [0.25, 0.3) is 0 Å². The summed E-state index contributed by atoms with van der Waals surface area (Å²) in [6.45, 7) is 3.86. The molecule has 10 heteroatoms. The molecule has 0 atom stereocenters. The quantitative estimate of drug-likeness (QED) is 0.802. The normalized spacial score (nSPS) is 17.5. The number of anilines is 1. The van der Waals surface area contributed by atoms with E-state index in [1.54, 1.807) is 17.3 Å². The topological polar surface area (TPSA) is 80.2 Å². The number of aliphatic carboxylic acids is 1. The Morgan fingerprint density at radius 2 is 1.56 bits per heavy atom. The van der Waals surface area contributed by atoms with Crippen molar-refractivity contribution in [3.05, 3.63) is 24.5 Å². The number of carboxylic acid groups (broad SMARTS) is 1. The molecule has 0 unspecified atom stereocenters. The zero-order valence-electron chi connectivity index (χ0n) is 15.2. The van der Waals surface area contributed by atoms with Crippen LogP contribution in [0, 0.1) is 0 Å². The Morgan fingerprint density at radius 1 is 0.963 bits per heavy atom. The molecule has 2 aliphatic heterocycles. The fraction of sp³-hybridized carbons (Fsp3) is 0.588. The van der Waals surface area contributed by atoms with Crippen LogP contribution in [-0.4, -0.2) is 82.8 Å². The maximum atomic E-state index is 12.9. The number of halogens is 2. The average Bonchev–Trinajstić information content (AvgIpc) is 2.67. The molecule has 2 aliphatic rings. The standard InChI is InChI=1S/C17H25N5O3.2ClH/c23-16(24)14-22(21-8-2-1-3-9-21)17(25)20-12-10-19(11-13-20)15-4-6-18-7-5-15;;/h4-7H,1-3,8-14H2,(H,23,24);2*1H. The fourth-order valence-corrected chi connectivity index (χ4v) is 3.41. The number of rotatable bonds is 4. The van der Waals surface area contributed by atoms with Gasteiger partial charge in [0.05, 0.1) is 0 Å². The van der Waals surface area contributed by atoms with E-state index in [0.29, 0.717) is 13.1 Å². The number of piperidine rings is 1. The summed E-state index contributed by atoms with van der Waals surface area (Å²) in [5.74, 6) is -0.977. The number of carboxylic acids is 1. The van der Waals surface area contributed by atoms with Crippen molar-refractivity contribution in [3.63, 3.8) is 0 Å². The summed E-state index contributed by atoms with van der Waals surface area (Å²) in [7, 11) is 0. The molecule has 0 radical (unpaired) electrons. The summed E-state index contributed by atoms with van der Waals surface area (Å²) in [6.07, 6.45) is 6.66. The minimum absolute atomic E-state index is 0. The molecule has 1 N–H and O–H groups in total. The number of pyridine rings is 1. The number of urea groups is 1. The van der Waals surface area contributed by atoms with Crippen LogP contribution >= 0.6 is 24.8 Å². The predicted octanol–water partition coefficient (Wildman–Crippen LogP) is 1.95. The van der Waals surface area contributed by atoms with Gasteiger partial charge >= 0.3 is 12.0 Å². The molecule has 0 spiro atoms. The van der Waals surface area contributed by atoms with Crippen LogP contribution in [0.4, 0.5) is 10.5 Å². The van der Waals surface area contributed by atoms with Crippen molar-refractivity contribution in [2.75, 3.05) is 50.7 Å². The Bertz CT molecular complexity index is 593. The molecule has 8 nitrogen and oxygen atoms in total. The number of carbonyl (C=O) groups excluding carboxylic acids is 1. The van der Waals surface area contributed by atoms with E-state index in [0.717, 1.165) is 51.1 Å². The van der Waals surface area contributed by atoms with Crippen LogP contribution in [0.25, 0.3) is 0 Å². The van der Waals surface area contributed by atoms with E-state index in [2.05, 4.69) is 9.88 Å². The Hall–Kier alpha value is -1.77.